The molecule has 4 aliphatic rings. The summed E-state index contributed by atoms with van der Waals surface area (Å²) in [5.74, 6) is 0.0862. The van der Waals surface area contributed by atoms with E-state index in [1.807, 2.05) is 30.3 Å². The smallest absolute Gasteiger partial charge is 0.311 e. The van der Waals surface area contributed by atoms with E-state index in [9.17, 15) is 14.7 Å². The van der Waals surface area contributed by atoms with Crippen molar-refractivity contribution in [2.75, 3.05) is 19.6 Å². The summed E-state index contributed by atoms with van der Waals surface area (Å²) >= 11 is 0. The zero-order valence-corrected chi connectivity index (χ0v) is 19.2. The van der Waals surface area contributed by atoms with Crippen molar-refractivity contribution in [3.8, 4) is 0 Å². The number of hydrogen-bond donors (Lipinski definition) is 1. The Morgan fingerprint density at radius 3 is 2.62 bits per heavy atom. The van der Waals surface area contributed by atoms with Crippen LogP contribution >= 0.6 is 0 Å². The molecule has 5 nitrogen and oxygen atoms in total. The van der Waals surface area contributed by atoms with Crippen molar-refractivity contribution in [2.24, 2.45) is 29.1 Å². The fourth-order valence-electron chi connectivity index (χ4n) is 6.77. The highest BCUT2D eigenvalue weighted by atomic mass is 16.6. The highest BCUT2D eigenvalue weighted by Crippen LogP contribution is 2.56. The summed E-state index contributed by atoms with van der Waals surface area (Å²) in [5.41, 5.74) is 1.80. The monoisotopic (exact) mass is 437 g/mol. The largest absolute Gasteiger partial charge is 0.461 e. The lowest BCUT2D eigenvalue weighted by Crippen LogP contribution is -2.55. The van der Waals surface area contributed by atoms with Crippen LogP contribution < -0.4 is 0 Å². The van der Waals surface area contributed by atoms with Crippen molar-refractivity contribution in [3.63, 3.8) is 0 Å². The standard InChI is InChI=1S/C27H35NO4/c1-17-7-6-10-20-15-22-23(25(30)27(17,20)2)21(26(31)32-22)16-28-13-11-19(12-14-28)24(29)18-8-4-3-5-9-18/h3-5,8-10,17,19,21-23,25,30H,6-7,11-16H2,1-2H3/t17-,21-,22+,23+,25+,27+/m0/s1. The van der Waals surface area contributed by atoms with Crippen LogP contribution in [0.3, 0.4) is 0 Å². The van der Waals surface area contributed by atoms with Crippen LogP contribution in [0.1, 0.15) is 56.3 Å². The van der Waals surface area contributed by atoms with Gasteiger partial charge in [-0.15, -0.1) is 0 Å². The molecule has 0 bridgehead atoms. The molecule has 5 heteroatoms. The van der Waals surface area contributed by atoms with Gasteiger partial charge in [0.05, 0.1) is 12.0 Å². The Labute approximate surface area is 190 Å². The number of fused-ring (bicyclic) bond motifs is 2. The second kappa shape index (κ2) is 8.42. The van der Waals surface area contributed by atoms with Crippen molar-refractivity contribution in [3.05, 3.63) is 47.5 Å². The van der Waals surface area contributed by atoms with E-state index in [2.05, 4.69) is 24.8 Å². The second-order valence-electron chi connectivity index (χ2n) is 10.6. The van der Waals surface area contributed by atoms with Gasteiger partial charge in [0.2, 0.25) is 0 Å². The number of ether oxygens (including phenoxy) is 1. The zero-order valence-electron chi connectivity index (χ0n) is 19.2. The van der Waals surface area contributed by atoms with Crippen LogP contribution in [0.2, 0.25) is 0 Å². The zero-order chi connectivity index (χ0) is 22.5. The first-order chi connectivity index (χ1) is 15.4. The van der Waals surface area contributed by atoms with Crippen LogP contribution in [-0.2, 0) is 9.53 Å². The van der Waals surface area contributed by atoms with Crippen LogP contribution in [0.5, 0.6) is 0 Å². The molecule has 0 spiro atoms. The molecule has 0 radical (unpaired) electrons. The number of ketones is 1. The second-order valence-corrected chi connectivity index (χ2v) is 10.6. The number of likely N-dealkylation sites (tertiary alicyclic amines) is 1. The molecule has 32 heavy (non-hydrogen) atoms. The lowest BCUT2D eigenvalue weighted by atomic mass is 9.55. The van der Waals surface area contributed by atoms with Crippen LogP contribution in [0.4, 0.5) is 0 Å². The Hall–Kier alpha value is -1.98. The van der Waals surface area contributed by atoms with E-state index in [4.69, 9.17) is 4.74 Å². The Bertz CT molecular complexity index is 903. The molecular formula is C27H35NO4. The number of hydrogen-bond acceptors (Lipinski definition) is 5. The number of nitrogens with zero attached hydrogens (tertiary/aromatic N) is 1. The number of carbonyl (C=O) groups excluding carboxylic acids is 2. The lowest BCUT2D eigenvalue weighted by Gasteiger charge is -2.52. The van der Waals surface area contributed by atoms with Gasteiger partial charge in [-0.3, -0.25) is 9.59 Å². The summed E-state index contributed by atoms with van der Waals surface area (Å²) in [4.78, 5) is 28.0. The highest BCUT2D eigenvalue weighted by Gasteiger charge is 2.59. The van der Waals surface area contributed by atoms with Crippen LogP contribution in [0, 0.1) is 29.1 Å². The van der Waals surface area contributed by atoms with Gasteiger partial charge in [-0.25, -0.2) is 0 Å². The van der Waals surface area contributed by atoms with E-state index in [0.717, 1.165) is 50.8 Å². The van der Waals surface area contributed by atoms with Gasteiger partial charge in [0.15, 0.2) is 5.78 Å². The number of Topliss-reactive ketones (excluding diaryl/α,β-unsaturated/α-hetero) is 1. The van der Waals surface area contributed by atoms with Gasteiger partial charge in [0.25, 0.3) is 0 Å². The third-order valence-electron chi connectivity index (χ3n) is 9.04. The molecule has 0 amide bonds. The summed E-state index contributed by atoms with van der Waals surface area (Å²) < 4.78 is 5.82. The van der Waals surface area contributed by atoms with Gasteiger partial charge in [-0.2, -0.15) is 0 Å². The maximum Gasteiger partial charge on any atom is 0.311 e. The quantitative estimate of drug-likeness (QED) is 0.440. The number of esters is 1. The Morgan fingerprint density at radius 1 is 1.19 bits per heavy atom. The van der Waals surface area contributed by atoms with Gasteiger partial charge in [0.1, 0.15) is 6.10 Å². The fourth-order valence-corrected chi connectivity index (χ4v) is 6.77. The van der Waals surface area contributed by atoms with Crippen molar-refractivity contribution >= 4 is 11.8 Å². The topological polar surface area (TPSA) is 66.8 Å². The summed E-state index contributed by atoms with van der Waals surface area (Å²) in [5, 5.41) is 11.5. The van der Waals surface area contributed by atoms with Crippen LogP contribution in [-0.4, -0.2) is 53.6 Å². The van der Waals surface area contributed by atoms with Crippen molar-refractivity contribution in [1.82, 2.24) is 4.90 Å². The molecule has 2 aliphatic carbocycles. The predicted molar refractivity (Wildman–Crippen MR) is 122 cm³/mol. The van der Waals surface area contributed by atoms with E-state index in [1.165, 1.54) is 5.57 Å². The van der Waals surface area contributed by atoms with Gasteiger partial charge < -0.3 is 14.7 Å². The van der Waals surface area contributed by atoms with Gasteiger partial charge in [0, 0.05) is 35.8 Å². The lowest BCUT2D eigenvalue weighted by molar-refractivity contribution is -0.145. The molecule has 2 heterocycles. The Kier molecular flexibility index (Phi) is 5.75. The minimum absolute atomic E-state index is 0.0480. The molecule has 6 atom stereocenters. The van der Waals surface area contributed by atoms with Crippen molar-refractivity contribution in [1.29, 1.82) is 0 Å². The maximum atomic E-state index is 12.9. The van der Waals surface area contributed by atoms with E-state index >= 15 is 0 Å². The normalized spacial score (nSPS) is 37.9. The molecule has 0 unspecified atom stereocenters. The number of piperidine rings is 1. The molecule has 5 rings (SSSR count). The molecule has 1 aromatic rings. The number of allylic oxidation sites excluding steroid dienone is 1. The third kappa shape index (κ3) is 3.54. The number of aliphatic hydroxyl groups is 1. The van der Waals surface area contributed by atoms with Gasteiger partial charge >= 0.3 is 5.97 Å². The predicted octanol–water partition coefficient (Wildman–Crippen LogP) is 3.87. The van der Waals surface area contributed by atoms with Crippen molar-refractivity contribution < 1.29 is 19.4 Å². The highest BCUT2D eigenvalue weighted by molar-refractivity contribution is 5.97. The number of carbonyl (C=O) groups is 2. The summed E-state index contributed by atoms with van der Waals surface area (Å²) in [6.07, 6.45) is 6.02. The first-order valence-corrected chi connectivity index (χ1v) is 12.3. The van der Waals surface area contributed by atoms with E-state index in [-0.39, 0.29) is 41.0 Å². The SMILES string of the molecule is C[C@H]1CCC=C2C[C@H]3OC(=O)[C@@H](CN4CCC(C(=O)c5ccccc5)CC4)[C@H]3[C@@H](O)[C@@]21C. The molecule has 2 aliphatic heterocycles. The van der Waals surface area contributed by atoms with Gasteiger partial charge in [-0.05, 0) is 44.7 Å². The summed E-state index contributed by atoms with van der Waals surface area (Å²) in [6.45, 7) is 6.65. The van der Waals surface area contributed by atoms with Crippen molar-refractivity contribution in [2.45, 2.75) is 58.2 Å². The average molecular weight is 438 g/mol. The molecule has 172 valence electrons. The Morgan fingerprint density at radius 2 is 1.91 bits per heavy atom. The molecule has 1 N–H and O–H groups in total. The number of aliphatic hydroxyl groups excluding tert-OH is 1. The summed E-state index contributed by atoms with van der Waals surface area (Å²) in [7, 11) is 0. The minimum Gasteiger partial charge on any atom is -0.461 e. The number of benzene rings is 1. The molecule has 2 saturated heterocycles. The van der Waals surface area contributed by atoms with E-state index in [1.54, 1.807) is 0 Å². The average Bonchev–Trinajstić information content (AvgIpc) is 3.11. The Balaban J connectivity index is 1.25. The minimum atomic E-state index is -0.559. The van der Waals surface area contributed by atoms with Crippen LogP contribution in [0.15, 0.2) is 42.0 Å². The molecule has 1 aromatic carbocycles. The number of rotatable bonds is 4. The van der Waals surface area contributed by atoms with Crippen LogP contribution in [0.25, 0.3) is 0 Å². The molecule has 1 saturated carbocycles. The third-order valence-corrected chi connectivity index (χ3v) is 9.04. The van der Waals surface area contributed by atoms with E-state index in [0.29, 0.717) is 12.5 Å². The molecular weight excluding hydrogens is 402 g/mol. The van der Waals surface area contributed by atoms with E-state index < -0.39 is 6.10 Å². The first kappa shape index (κ1) is 21.8. The van der Waals surface area contributed by atoms with Gasteiger partial charge in [-0.1, -0.05) is 55.8 Å². The fraction of sp³-hybridized carbons (Fsp3) is 0.630. The molecule has 0 aromatic heterocycles. The molecule has 3 fully saturated rings. The first-order valence-electron chi connectivity index (χ1n) is 12.3. The maximum absolute atomic E-state index is 12.9. The summed E-state index contributed by atoms with van der Waals surface area (Å²) in [6, 6.07) is 9.54.